The van der Waals surface area contributed by atoms with E-state index in [1.165, 1.54) is 0 Å². The van der Waals surface area contributed by atoms with E-state index >= 15 is 0 Å². The van der Waals surface area contributed by atoms with Gasteiger partial charge in [-0.3, -0.25) is 4.79 Å². The number of hydrogen-bond acceptors (Lipinski definition) is 3. The number of aromatic nitrogens is 2. The minimum atomic E-state index is -0.426. The zero-order chi connectivity index (χ0) is 16.1. The molecule has 2 rings (SSSR count). The summed E-state index contributed by atoms with van der Waals surface area (Å²) in [6, 6.07) is 7.68. The van der Waals surface area contributed by atoms with Gasteiger partial charge in [-0.25, -0.2) is 4.98 Å². The van der Waals surface area contributed by atoms with Crippen LogP contribution in [0.3, 0.4) is 0 Å². The van der Waals surface area contributed by atoms with Gasteiger partial charge in [-0.2, -0.15) is 0 Å². The van der Waals surface area contributed by atoms with Gasteiger partial charge in [-0.15, -0.1) is 0 Å². The SMILES string of the molecule is CCn1c(CCNC(=O)[C@@H](N)CC(C)C)nc2ccccc21. The molecule has 0 unspecified atom stereocenters. The third kappa shape index (κ3) is 3.85. The number of benzene rings is 1. The van der Waals surface area contributed by atoms with Crippen LogP contribution in [0.5, 0.6) is 0 Å². The zero-order valence-corrected chi connectivity index (χ0v) is 13.7. The number of imidazole rings is 1. The molecule has 0 spiro atoms. The van der Waals surface area contributed by atoms with Crippen LogP contribution in [0.15, 0.2) is 24.3 Å². The topological polar surface area (TPSA) is 72.9 Å². The molecule has 0 saturated carbocycles. The van der Waals surface area contributed by atoms with Crippen molar-refractivity contribution in [3.8, 4) is 0 Å². The minimum absolute atomic E-state index is 0.0761. The number of nitrogens with one attached hydrogen (secondary N) is 1. The van der Waals surface area contributed by atoms with Crippen LogP contribution in [0.25, 0.3) is 11.0 Å². The fourth-order valence-corrected chi connectivity index (χ4v) is 2.71. The summed E-state index contributed by atoms with van der Waals surface area (Å²) in [5.41, 5.74) is 8.03. The molecular formula is C17H26N4O. The van der Waals surface area contributed by atoms with E-state index in [1.807, 2.05) is 18.2 Å². The Hall–Kier alpha value is -1.88. The van der Waals surface area contributed by atoms with Crippen molar-refractivity contribution in [3.05, 3.63) is 30.1 Å². The Balaban J connectivity index is 1.96. The fraction of sp³-hybridized carbons (Fsp3) is 0.529. The van der Waals surface area contributed by atoms with Gasteiger partial charge in [0.2, 0.25) is 5.91 Å². The van der Waals surface area contributed by atoms with Gasteiger partial charge in [0.05, 0.1) is 17.1 Å². The van der Waals surface area contributed by atoms with Crippen molar-refractivity contribution in [1.29, 1.82) is 0 Å². The summed E-state index contributed by atoms with van der Waals surface area (Å²) < 4.78 is 2.19. The number of para-hydroxylation sites is 2. The Bertz CT molecular complexity index is 633. The maximum Gasteiger partial charge on any atom is 0.236 e. The Morgan fingerprint density at radius 1 is 1.36 bits per heavy atom. The lowest BCUT2D eigenvalue weighted by atomic mass is 10.0. The summed E-state index contributed by atoms with van der Waals surface area (Å²) in [7, 11) is 0. The van der Waals surface area contributed by atoms with E-state index in [0.29, 0.717) is 25.3 Å². The van der Waals surface area contributed by atoms with E-state index < -0.39 is 6.04 Å². The second-order valence-electron chi connectivity index (χ2n) is 6.04. The molecule has 0 aliphatic heterocycles. The summed E-state index contributed by atoms with van der Waals surface area (Å²) in [6.45, 7) is 7.67. The highest BCUT2D eigenvalue weighted by Gasteiger charge is 2.15. The van der Waals surface area contributed by atoms with Gasteiger partial charge in [-0.05, 0) is 31.4 Å². The molecule has 5 heteroatoms. The Labute approximate surface area is 131 Å². The average Bonchev–Trinajstić information content (AvgIpc) is 2.83. The van der Waals surface area contributed by atoms with Gasteiger partial charge in [0, 0.05) is 19.5 Å². The molecular weight excluding hydrogens is 276 g/mol. The molecule has 5 nitrogen and oxygen atoms in total. The smallest absolute Gasteiger partial charge is 0.236 e. The molecule has 0 fully saturated rings. The number of nitrogens with two attached hydrogens (primary N) is 1. The van der Waals surface area contributed by atoms with Crippen LogP contribution in [-0.2, 0) is 17.8 Å². The quantitative estimate of drug-likeness (QED) is 0.822. The van der Waals surface area contributed by atoms with E-state index in [-0.39, 0.29) is 5.91 Å². The first-order valence-electron chi connectivity index (χ1n) is 8.00. The van der Waals surface area contributed by atoms with E-state index in [2.05, 4.69) is 41.7 Å². The maximum absolute atomic E-state index is 11.9. The van der Waals surface area contributed by atoms with E-state index in [9.17, 15) is 4.79 Å². The lowest BCUT2D eigenvalue weighted by Crippen LogP contribution is -2.42. The molecule has 0 radical (unpaired) electrons. The molecule has 1 aromatic carbocycles. The van der Waals surface area contributed by atoms with Crippen LogP contribution in [-0.4, -0.2) is 28.0 Å². The Morgan fingerprint density at radius 3 is 2.77 bits per heavy atom. The lowest BCUT2D eigenvalue weighted by Gasteiger charge is -2.14. The highest BCUT2D eigenvalue weighted by molar-refractivity contribution is 5.81. The van der Waals surface area contributed by atoms with Gasteiger partial charge < -0.3 is 15.6 Å². The molecule has 1 heterocycles. The normalized spacial score (nSPS) is 12.8. The van der Waals surface area contributed by atoms with Crippen molar-refractivity contribution in [2.24, 2.45) is 11.7 Å². The summed E-state index contributed by atoms with van der Waals surface area (Å²) in [4.78, 5) is 16.6. The predicted molar refractivity (Wildman–Crippen MR) is 89.6 cm³/mol. The van der Waals surface area contributed by atoms with Crippen LogP contribution in [0.1, 0.15) is 33.0 Å². The fourth-order valence-electron chi connectivity index (χ4n) is 2.71. The minimum Gasteiger partial charge on any atom is -0.354 e. The summed E-state index contributed by atoms with van der Waals surface area (Å²) in [5, 5.41) is 2.91. The Morgan fingerprint density at radius 2 is 2.09 bits per heavy atom. The second kappa shape index (κ2) is 7.40. The number of carbonyl (C=O) groups excluding carboxylic acids is 1. The Kier molecular flexibility index (Phi) is 5.55. The largest absolute Gasteiger partial charge is 0.354 e. The van der Waals surface area contributed by atoms with Crippen molar-refractivity contribution < 1.29 is 4.79 Å². The first-order valence-corrected chi connectivity index (χ1v) is 8.00. The van der Waals surface area contributed by atoms with Crippen molar-refractivity contribution in [3.63, 3.8) is 0 Å². The second-order valence-corrected chi connectivity index (χ2v) is 6.04. The molecule has 0 aliphatic rings. The maximum atomic E-state index is 11.9. The monoisotopic (exact) mass is 302 g/mol. The summed E-state index contributed by atoms with van der Waals surface area (Å²) in [6.07, 6.45) is 1.42. The zero-order valence-electron chi connectivity index (χ0n) is 13.7. The van der Waals surface area contributed by atoms with E-state index in [1.54, 1.807) is 0 Å². The van der Waals surface area contributed by atoms with E-state index in [4.69, 9.17) is 5.73 Å². The van der Waals surface area contributed by atoms with Crippen LogP contribution in [0.4, 0.5) is 0 Å². The number of aryl methyl sites for hydroxylation is 1. The predicted octanol–water partition coefficient (Wildman–Crippen LogP) is 2.09. The third-order valence-electron chi connectivity index (χ3n) is 3.76. The molecule has 1 amide bonds. The van der Waals surface area contributed by atoms with Gasteiger partial charge in [0.15, 0.2) is 0 Å². The van der Waals surface area contributed by atoms with Crippen LogP contribution < -0.4 is 11.1 Å². The molecule has 22 heavy (non-hydrogen) atoms. The first-order chi connectivity index (χ1) is 10.5. The van der Waals surface area contributed by atoms with Gasteiger partial charge in [0.1, 0.15) is 5.82 Å². The first kappa shape index (κ1) is 16.5. The molecule has 2 aromatic rings. The molecule has 1 aromatic heterocycles. The van der Waals surface area contributed by atoms with E-state index in [0.717, 1.165) is 23.4 Å². The number of amides is 1. The standard InChI is InChI=1S/C17H26N4O/c1-4-21-15-8-6-5-7-14(15)20-16(21)9-10-19-17(22)13(18)11-12(2)3/h5-8,12-13H,4,9-11,18H2,1-3H3,(H,19,22)/t13-/m0/s1. The number of carbonyl (C=O) groups is 1. The number of fused-ring (bicyclic) bond motifs is 1. The molecule has 0 saturated heterocycles. The molecule has 1 atom stereocenters. The molecule has 0 bridgehead atoms. The third-order valence-corrected chi connectivity index (χ3v) is 3.76. The number of nitrogens with zero attached hydrogens (tertiary/aromatic N) is 2. The van der Waals surface area contributed by atoms with Gasteiger partial charge in [-0.1, -0.05) is 26.0 Å². The van der Waals surface area contributed by atoms with Crippen LogP contribution in [0, 0.1) is 5.92 Å². The molecule has 0 aliphatic carbocycles. The van der Waals surface area contributed by atoms with Gasteiger partial charge in [0.25, 0.3) is 0 Å². The number of rotatable bonds is 7. The highest BCUT2D eigenvalue weighted by Crippen LogP contribution is 2.16. The lowest BCUT2D eigenvalue weighted by molar-refractivity contribution is -0.122. The van der Waals surface area contributed by atoms with Crippen molar-refractivity contribution >= 4 is 16.9 Å². The van der Waals surface area contributed by atoms with Crippen LogP contribution in [0.2, 0.25) is 0 Å². The molecule has 120 valence electrons. The van der Waals surface area contributed by atoms with Crippen LogP contribution >= 0.6 is 0 Å². The van der Waals surface area contributed by atoms with Crippen molar-refractivity contribution in [2.45, 2.75) is 46.2 Å². The highest BCUT2D eigenvalue weighted by atomic mass is 16.2. The number of hydrogen-bond donors (Lipinski definition) is 2. The summed E-state index contributed by atoms with van der Waals surface area (Å²) >= 11 is 0. The van der Waals surface area contributed by atoms with Crippen molar-refractivity contribution in [2.75, 3.05) is 6.54 Å². The average molecular weight is 302 g/mol. The summed E-state index contributed by atoms with van der Waals surface area (Å²) in [5.74, 6) is 1.35. The molecule has 3 N–H and O–H groups in total. The van der Waals surface area contributed by atoms with Gasteiger partial charge >= 0.3 is 0 Å². The van der Waals surface area contributed by atoms with Crippen molar-refractivity contribution in [1.82, 2.24) is 14.9 Å².